The maximum atomic E-state index is 12.1. The summed E-state index contributed by atoms with van der Waals surface area (Å²) in [6.07, 6.45) is 7.34. The summed E-state index contributed by atoms with van der Waals surface area (Å²) in [5.74, 6) is 0.606. The molecule has 0 saturated carbocycles. The van der Waals surface area contributed by atoms with Crippen LogP contribution in [0.25, 0.3) is 22.2 Å². The largest absolute Gasteiger partial charge is 0.493 e. The molecule has 0 amide bonds. The van der Waals surface area contributed by atoms with Crippen molar-refractivity contribution in [3.8, 4) is 16.9 Å². The standard InChI is InChI=1S/C23H24ClN5O3S/c1-6-32-22-18(15(4)29-23-19(14(3)28-29)11-26-12-27-23)8-20(24)13(2)21(22)16-7-17(10-25-9-16)33(5,30)31/h7-12,15H,6H2,1-5H3. The Kier molecular flexibility index (Phi) is 6.11. The van der Waals surface area contributed by atoms with Gasteiger partial charge in [-0.2, -0.15) is 5.10 Å². The molecular weight excluding hydrogens is 462 g/mol. The van der Waals surface area contributed by atoms with Crippen molar-refractivity contribution in [2.24, 2.45) is 0 Å². The van der Waals surface area contributed by atoms with Gasteiger partial charge in [0.25, 0.3) is 0 Å². The van der Waals surface area contributed by atoms with Gasteiger partial charge in [-0.1, -0.05) is 11.6 Å². The molecule has 0 spiro atoms. The molecule has 0 fully saturated rings. The monoisotopic (exact) mass is 485 g/mol. The van der Waals surface area contributed by atoms with E-state index in [9.17, 15) is 8.42 Å². The number of hydrogen-bond donors (Lipinski definition) is 0. The Hall–Kier alpha value is -3.04. The summed E-state index contributed by atoms with van der Waals surface area (Å²) < 4.78 is 32.2. The van der Waals surface area contributed by atoms with Crippen LogP contribution in [0.2, 0.25) is 5.02 Å². The van der Waals surface area contributed by atoms with E-state index in [0.717, 1.165) is 28.5 Å². The predicted octanol–water partition coefficient (Wildman–Crippen LogP) is 4.57. The lowest BCUT2D eigenvalue weighted by Crippen LogP contribution is -2.13. The normalized spacial score (nSPS) is 12.8. The maximum absolute atomic E-state index is 12.1. The molecule has 0 aliphatic heterocycles. The molecule has 1 aromatic carbocycles. The smallest absolute Gasteiger partial charge is 0.177 e. The van der Waals surface area contributed by atoms with Gasteiger partial charge in [0, 0.05) is 46.6 Å². The number of nitrogens with zero attached hydrogens (tertiary/aromatic N) is 5. The molecule has 33 heavy (non-hydrogen) atoms. The minimum Gasteiger partial charge on any atom is -0.493 e. The second kappa shape index (κ2) is 8.72. The first-order chi connectivity index (χ1) is 15.6. The number of aromatic nitrogens is 5. The number of ether oxygens (including phenoxy) is 1. The van der Waals surface area contributed by atoms with E-state index in [2.05, 4.69) is 15.0 Å². The summed E-state index contributed by atoms with van der Waals surface area (Å²) in [5.41, 5.74) is 4.41. The lowest BCUT2D eigenvalue weighted by molar-refractivity contribution is 0.333. The van der Waals surface area contributed by atoms with Crippen LogP contribution < -0.4 is 4.74 Å². The van der Waals surface area contributed by atoms with Gasteiger partial charge in [-0.05, 0) is 45.4 Å². The third kappa shape index (κ3) is 4.18. The molecule has 3 aromatic heterocycles. The van der Waals surface area contributed by atoms with E-state index >= 15 is 0 Å². The number of sulfone groups is 1. The molecule has 0 bridgehead atoms. The highest BCUT2D eigenvalue weighted by Gasteiger charge is 2.25. The molecule has 1 atom stereocenters. The number of hydrogen-bond acceptors (Lipinski definition) is 7. The van der Waals surface area contributed by atoms with Gasteiger partial charge >= 0.3 is 0 Å². The van der Waals surface area contributed by atoms with Crippen molar-refractivity contribution in [3.63, 3.8) is 0 Å². The van der Waals surface area contributed by atoms with E-state index in [0.29, 0.717) is 34.2 Å². The van der Waals surface area contributed by atoms with E-state index in [4.69, 9.17) is 21.4 Å². The van der Waals surface area contributed by atoms with Crippen LogP contribution in [0.4, 0.5) is 0 Å². The second-order valence-corrected chi connectivity index (χ2v) is 10.3. The summed E-state index contributed by atoms with van der Waals surface area (Å²) in [6, 6.07) is 3.19. The Balaban J connectivity index is 1.98. The zero-order valence-electron chi connectivity index (χ0n) is 19.0. The zero-order chi connectivity index (χ0) is 23.9. The molecule has 0 saturated heterocycles. The molecule has 0 radical (unpaired) electrons. The number of fused-ring (bicyclic) bond motifs is 1. The molecular formula is C23H24ClN5O3S. The van der Waals surface area contributed by atoms with Gasteiger partial charge in [-0.25, -0.2) is 23.1 Å². The Morgan fingerprint density at radius 3 is 2.61 bits per heavy atom. The molecule has 3 heterocycles. The van der Waals surface area contributed by atoms with Gasteiger partial charge in [-0.15, -0.1) is 0 Å². The number of benzene rings is 1. The second-order valence-electron chi connectivity index (χ2n) is 7.86. The summed E-state index contributed by atoms with van der Waals surface area (Å²) in [7, 11) is -3.44. The highest BCUT2D eigenvalue weighted by Crippen LogP contribution is 2.43. The molecule has 172 valence electrons. The fraction of sp³-hybridized carbons (Fsp3) is 0.304. The topological polar surface area (TPSA) is 99.9 Å². The van der Waals surface area contributed by atoms with E-state index in [1.807, 2.05) is 38.4 Å². The quantitative estimate of drug-likeness (QED) is 0.394. The zero-order valence-corrected chi connectivity index (χ0v) is 20.6. The average molecular weight is 486 g/mol. The summed E-state index contributed by atoms with van der Waals surface area (Å²) in [6.45, 7) is 8.09. The number of rotatable bonds is 6. The summed E-state index contributed by atoms with van der Waals surface area (Å²) >= 11 is 6.68. The van der Waals surface area contributed by atoms with Crippen molar-refractivity contribution in [1.82, 2.24) is 24.7 Å². The fourth-order valence-corrected chi connectivity index (χ4v) is 4.69. The minimum absolute atomic E-state index is 0.127. The van der Waals surface area contributed by atoms with Crippen LogP contribution in [-0.2, 0) is 9.84 Å². The number of aryl methyl sites for hydroxylation is 1. The molecule has 0 aliphatic carbocycles. The third-order valence-corrected chi connectivity index (χ3v) is 7.07. The van der Waals surface area contributed by atoms with Gasteiger partial charge in [0.1, 0.15) is 12.1 Å². The lowest BCUT2D eigenvalue weighted by atomic mass is 9.94. The first-order valence-corrected chi connectivity index (χ1v) is 12.7. The maximum Gasteiger partial charge on any atom is 0.177 e. The van der Waals surface area contributed by atoms with E-state index < -0.39 is 9.84 Å². The van der Waals surface area contributed by atoms with Crippen LogP contribution in [0.5, 0.6) is 5.75 Å². The molecule has 4 rings (SSSR count). The number of halogens is 1. The third-order valence-electron chi connectivity index (χ3n) is 5.60. The first kappa shape index (κ1) is 23.1. The SMILES string of the molecule is CCOc1c(C(C)n2nc(C)c3cncnc32)cc(Cl)c(C)c1-c1cncc(S(C)(=O)=O)c1. The van der Waals surface area contributed by atoms with Gasteiger partial charge in [-0.3, -0.25) is 4.98 Å². The van der Waals surface area contributed by atoms with Crippen molar-refractivity contribution >= 4 is 32.5 Å². The fourth-order valence-electron chi connectivity index (χ4n) is 3.89. The average Bonchev–Trinajstić information content (AvgIpc) is 3.12. The first-order valence-electron chi connectivity index (χ1n) is 10.4. The Labute approximate surface area is 197 Å². The van der Waals surface area contributed by atoms with Crippen LogP contribution in [0, 0.1) is 13.8 Å². The Bertz CT molecular complexity index is 1470. The lowest BCUT2D eigenvalue weighted by Gasteiger charge is -2.23. The van der Waals surface area contributed by atoms with Gasteiger partial charge in [0.05, 0.1) is 28.6 Å². The van der Waals surface area contributed by atoms with Crippen LogP contribution in [0.3, 0.4) is 0 Å². The van der Waals surface area contributed by atoms with Crippen LogP contribution in [0.15, 0.2) is 41.9 Å². The molecule has 0 N–H and O–H groups in total. The van der Waals surface area contributed by atoms with Gasteiger partial charge in [0.2, 0.25) is 0 Å². The van der Waals surface area contributed by atoms with Crippen LogP contribution >= 0.6 is 11.6 Å². The molecule has 0 aliphatic rings. The van der Waals surface area contributed by atoms with E-state index in [1.165, 1.54) is 12.5 Å². The predicted molar refractivity (Wildman–Crippen MR) is 128 cm³/mol. The van der Waals surface area contributed by atoms with Crippen molar-refractivity contribution < 1.29 is 13.2 Å². The molecule has 8 nitrogen and oxygen atoms in total. The highest BCUT2D eigenvalue weighted by molar-refractivity contribution is 7.90. The molecule has 4 aromatic rings. The van der Waals surface area contributed by atoms with E-state index in [1.54, 1.807) is 18.5 Å². The minimum atomic E-state index is -3.44. The van der Waals surface area contributed by atoms with E-state index in [-0.39, 0.29) is 10.9 Å². The molecule has 1 unspecified atom stereocenters. The van der Waals surface area contributed by atoms with Crippen molar-refractivity contribution in [2.75, 3.05) is 12.9 Å². The van der Waals surface area contributed by atoms with Crippen LogP contribution in [-0.4, -0.2) is 46.0 Å². The summed E-state index contributed by atoms with van der Waals surface area (Å²) in [5, 5.41) is 6.09. The van der Waals surface area contributed by atoms with Crippen molar-refractivity contribution in [1.29, 1.82) is 0 Å². The Morgan fingerprint density at radius 2 is 1.91 bits per heavy atom. The summed E-state index contributed by atoms with van der Waals surface area (Å²) in [4.78, 5) is 12.8. The highest BCUT2D eigenvalue weighted by atomic mass is 35.5. The van der Waals surface area contributed by atoms with Gasteiger partial charge in [0.15, 0.2) is 15.5 Å². The van der Waals surface area contributed by atoms with Crippen LogP contribution in [0.1, 0.15) is 36.7 Å². The Morgan fingerprint density at radius 1 is 1.15 bits per heavy atom. The van der Waals surface area contributed by atoms with Crippen molar-refractivity contribution in [2.45, 2.75) is 38.6 Å². The number of pyridine rings is 1. The van der Waals surface area contributed by atoms with Gasteiger partial charge < -0.3 is 4.74 Å². The molecule has 10 heteroatoms. The van der Waals surface area contributed by atoms with Crippen molar-refractivity contribution in [3.05, 3.63) is 58.9 Å².